The summed E-state index contributed by atoms with van der Waals surface area (Å²) in [6.07, 6.45) is 0. The molecule has 0 unspecified atom stereocenters. The van der Waals surface area contributed by atoms with Gasteiger partial charge in [-0.2, -0.15) is 0 Å². The predicted octanol–water partition coefficient (Wildman–Crippen LogP) is 6.62. The molecule has 4 rings (SSSR count). The van der Waals surface area contributed by atoms with Gasteiger partial charge in [-0.05, 0) is 90.0 Å². The van der Waals surface area contributed by atoms with Crippen LogP contribution in [0.3, 0.4) is 0 Å². The Hall–Kier alpha value is -2.38. The molecule has 0 fully saturated rings. The van der Waals surface area contributed by atoms with Crippen molar-refractivity contribution in [2.45, 2.75) is 13.8 Å². The van der Waals surface area contributed by atoms with Crippen molar-refractivity contribution in [3.05, 3.63) is 79.9 Å². The fourth-order valence-corrected chi connectivity index (χ4v) is 3.71. The van der Waals surface area contributed by atoms with Crippen LogP contribution in [0.1, 0.15) is 21.5 Å². The molecular formula is C22H16ClIN2O2. The van der Waals surface area contributed by atoms with Crippen molar-refractivity contribution in [1.82, 2.24) is 4.98 Å². The van der Waals surface area contributed by atoms with E-state index < -0.39 is 0 Å². The van der Waals surface area contributed by atoms with Crippen LogP contribution in [0.25, 0.3) is 22.6 Å². The molecular weight excluding hydrogens is 487 g/mol. The monoisotopic (exact) mass is 502 g/mol. The SMILES string of the molecule is Cc1ccc2oc(-c3cccc(NC(=O)c4cc(I)ccc4Cl)c3C)nc2c1. The minimum Gasteiger partial charge on any atom is -0.436 e. The molecule has 0 atom stereocenters. The van der Waals surface area contributed by atoms with Gasteiger partial charge >= 0.3 is 0 Å². The number of hydrogen-bond acceptors (Lipinski definition) is 3. The van der Waals surface area contributed by atoms with Crippen LogP contribution >= 0.6 is 34.2 Å². The number of rotatable bonds is 3. The van der Waals surface area contributed by atoms with Crippen molar-refractivity contribution in [2.75, 3.05) is 5.32 Å². The molecule has 0 spiro atoms. The Labute approximate surface area is 181 Å². The van der Waals surface area contributed by atoms with Gasteiger partial charge in [-0.25, -0.2) is 4.98 Å². The number of carbonyl (C=O) groups excluding carboxylic acids is 1. The molecule has 1 aromatic heterocycles. The molecule has 1 N–H and O–H groups in total. The topological polar surface area (TPSA) is 55.1 Å². The maximum absolute atomic E-state index is 12.7. The summed E-state index contributed by atoms with van der Waals surface area (Å²) in [6, 6.07) is 16.9. The van der Waals surface area contributed by atoms with E-state index in [1.165, 1.54) is 0 Å². The first-order chi connectivity index (χ1) is 13.4. The third-order valence-corrected chi connectivity index (χ3v) is 5.53. The number of aryl methyl sites for hydroxylation is 1. The first kappa shape index (κ1) is 19.0. The fraction of sp³-hybridized carbons (Fsp3) is 0.0909. The van der Waals surface area contributed by atoms with Crippen molar-refractivity contribution < 1.29 is 9.21 Å². The van der Waals surface area contributed by atoms with Gasteiger partial charge in [0, 0.05) is 14.8 Å². The van der Waals surface area contributed by atoms with Gasteiger partial charge in [0.1, 0.15) is 5.52 Å². The molecule has 3 aromatic carbocycles. The number of hydrogen-bond donors (Lipinski definition) is 1. The standard InChI is InChI=1S/C22H16ClIN2O2/c1-12-6-9-20-19(10-12)26-22(28-20)15-4-3-5-18(13(15)2)25-21(27)16-11-14(24)7-8-17(16)23/h3-11H,1-2H3,(H,25,27). The zero-order valence-electron chi connectivity index (χ0n) is 15.2. The lowest BCUT2D eigenvalue weighted by Gasteiger charge is -2.12. The fourth-order valence-electron chi connectivity index (χ4n) is 3.02. The lowest BCUT2D eigenvalue weighted by atomic mass is 10.1. The molecule has 0 aliphatic heterocycles. The van der Waals surface area contributed by atoms with Crippen LogP contribution in [-0.2, 0) is 0 Å². The third kappa shape index (κ3) is 3.64. The van der Waals surface area contributed by atoms with E-state index in [1.807, 2.05) is 56.3 Å². The summed E-state index contributed by atoms with van der Waals surface area (Å²) in [5, 5.41) is 3.37. The average Bonchev–Trinajstić information content (AvgIpc) is 3.08. The second-order valence-corrected chi connectivity index (χ2v) is 8.20. The number of oxazole rings is 1. The van der Waals surface area contributed by atoms with Crippen LogP contribution in [0.2, 0.25) is 5.02 Å². The molecule has 1 heterocycles. The van der Waals surface area contributed by atoms with Crippen LogP contribution in [-0.4, -0.2) is 10.9 Å². The highest BCUT2D eigenvalue weighted by Gasteiger charge is 2.16. The van der Waals surface area contributed by atoms with Crippen molar-refractivity contribution in [2.24, 2.45) is 0 Å². The lowest BCUT2D eigenvalue weighted by Crippen LogP contribution is -2.13. The van der Waals surface area contributed by atoms with Gasteiger partial charge in [-0.15, -0.1) is 0 Å². The highest BCUT2D eigenvalue weighted by Crippen LogP contribution is 2.31. The molecule has 0 saturated carbocycles. The number of nitrogens with zero attached hydrogens (tertiary/aromatic N) is 1. The Morgan fingerprint density at radius 2 is 1.93 bits per heavy atom. The number of aromatic nitrogens is 1. The highest BCUT2D eigenvalue weighted by atomic mass is 127. The summed E-state index contributed by atoms with van der Waals surface area (Å²) < 4.78 is 6.87. The van der Waals surface area contributed by atoms with Gasteiger partial charge < -0.3 is 9.73 Å². The Morgan fingerprint density at radius 1 is 1.11 bits per heavy atom. The van der Waals surface area contributed by atoms with E-state index in [9.17, 15) is 4.79 Å². The minimum atomic E-state index is -0.253. The molecule has 4 aromatic rings. The van der Waals surface area contributed by atoms with Crippen molar-refractivity contribution in [3.8, 4) is 11.5 Å². The molecule has 28 heavy (non-hydrogen) atoms. The molecule has 0 aliphatic carbocycles. The predicted molar refractivity (Wildman–Crippen MR) is 121 cm³/mol. The Morgan fingerprint density at radius 3 is 2.75 bits per heavy atom. The first-order valence-electron chi connectivity index (χ1n) is 8.66. The molecule has 140 valence electrons. The minimum absolute atomic E-state index is 0.253. The van der Waals surface area contributed by atoms with Crippen molar-refractivity contribution in [1.29, 1.82) is 0 Å². The van der Waals surface area contributed by atoms with E-state index in [1.54, 1.807) is 12.1 Å². The van der Waals surface area contributed by atoms with Crippen molar-refractivity contribution >= 4 is 56.9 Å². The number of anilines is 1. The molecule has 0 saturated heterocycles. The summed E-state index contributed by atoms with van der Waals surface area (Å²) in [7, 11) is 0. The van der Waals surface area contributed by atoms with E-state index >= 15 is 0 Å². The molecule has 0 radical (unpaired) electrons. The van der Waals surface area contributed by atoms with Crippen LogP contribution < -0.4 is 5.32 Å². The largest absolute Gasteiger partial charge is 0.436 e. The summed E-state index contributed by atoms with van der Waals surface area (Å²) in [5.74, 6) is 0.276. The Balaban J connectivity index is 1.70. The zero-order valence-corrected chi connectivity index (χ0v) is 18.1. The van der Waals surface area contributed by atoms with Gasteiger partial charge in [-0.1, -0.05) is 23.7 Å². The van der Waals surface area contributed by atoms with Gasteiger partial charge in [0.25, 0.3) is 5.91 Å². The zero-order chi connectivity index (χ0) is 19.8. The van der Waals surface area contributed by atoms with Crippen LogP contribution in [0.4, 0.5) is 5.69 Å². The van der Waals surface area contributed by atoms with Gasteiger partial charge in [0.15, 0.2) is 5.58 Å². The van der Waals surface area contributed by atoms with E-state index in [0.717, 1.165) is 31.4 Å². The molecule has 1 amide bonds. The summed E-state index contributed by atoms with van der Waals surface area (Å²) >= 11 is 8.35. The summed E-state index contributed by atoms with van der Waals surface area (Å²) in [4.78, 5) is 17.3. The number of fused-ring (bicyclic) bond motifs is 1. The van der Waals surface area contributed by atoms with Gasteiger partial charge in [0.2, 0.25) is 5.89 Å². The second-order valence-electron chi connectivity index (χ2n) is 6.55. The van der Waals surface area contributed by atoms with Crippen molar-refractivity contribution in [3.63, 3.8) is 0 Å². The summed E-state index contributed by atoms with van der Waals surface area (Å²) in [6.45, 7) is 3.95. The maximum Gasteiger partial charge on any atom is 0.257 e. The quantitative estimate of drug-likeness (QED) is 0.320. The van der Waals surface area contributed by atoms with Crippen LogP contribution in [0.15, 0.2) is 59.0 Å². The number of halogens is 2. The smallest absolute Gasteiger partial charge is 0.257 e. The maximum atomic E-state index is 12.7. The second kappa shape index (κ2) is 7.56. The first-order valence-corrected chi connectivity index (χ1v) is 10.1. The molecule has 4 nitrogen and oxygen atoms in total. The number of benzene rings is 3. The Bertz CT molecular complexity index is 1220. The Kier molecular flexibility index (Phi) is 5.12. The normalized spacial score (nSPS) is 11.0. The summed E-state index contributed by atoms with van der Waals surface area (Å²) in [5.41, 5.74) is 5.52. The lowest BCUT2D eigenvalue weighted by molar-refractivity contribution is 0.102. The molecule has 0 bridgehead atoms. The van der Waals surface area contributed by atoms with Gasteiger partial charge in [0.05, 0.1) is 10.6 Å². The van der Waals surface area contributed by atoms with E-state index in [-0.39, 0.29) is 5.91 Å². The number of carbonyl (C=O) groups is 1. The van der Waals surface area contributed by atoms with Gasteiger partial charge in [-0.3, -0.25) is 4.79 Å². The van der Waals surface area contributed by atoms with E-state index in [2.05, 4.69) is 32.9 Å². The average molecular weight is 503 g/mol. The van der Waals surface area contributed by atoms with Crippen LogP contribution in [0.5, 0.6) is 0 Å². The van der Waals surface area contributed by atoms with E-state index in [0.29, 0.717) is 22.2 Å². The highest BCUT2D eigenvalue weighted by molar-refractivity contribution is 14.1. The van der Waals surface area contributed by atoms with E-state index in [4.69, 9.17) is 16.0 Å². The number of amides is 1. The number of nitrogens with one attached hydrogen (secondary N) is 1. The molecule has 6 heteroatoms. The van der Waals surface area contributed by atoms with Crippen LogP contribution in [0, 0.1) is 17.4 Å². The molecule has 0 aliphatic rings. The third-order valence-electron chi connectivity index (χ3n) is 4.53.